The Labute approximate surface area is 114 Å². The summed E-state index contributed by atoms with van der Waals surface area (Å²) in [6.45, 7) is 1.60. The quantitative estimate of drug-likeness (QED) is 0.901. The van der Waals surface area contributed by atoms with Gasteiger partial charge in [-0.15, -0.1) is 0 Å². The van der Waals surface area contributed by atoms with Gasteiger partial charge in [0.2, 0.25) is 0 Å². The van der Waals surface area contributed by atoms with Gasteiger partial charge in [0.1, 0.15) is 11.7 Å². The molecule has 0 saturated heterocycles. The Kier molecular flexibility index (Phi) is 3.70. The summed E-state index contributed by atoms with van der Waals surface area (Å²) in [6.07, 6.45) is 0.395. The van der Waals surface area contributed by atoms with Crippen LogP contribution >= 0.6 is 0 Å². The largest absolute Gasteiger partial charge is 0.383 e. The summed E-state index contributed by atoms with van der Waals surface area (Å²) in [6, 6.07) is 7.50. The van der Waals surface area contributed by atoms with Crippen LogP contribution in [0, 0.1) is 0 Å². The summed E-state index contributed by atoms with van der Waals surface area (Å²) in [5, 5.41) is 10.6. The second-order valence-electron chi connectivity index (χ2n) is 5.17. The number of fused-ring (bicyclic) bond motifs is 1. The lowest BCUT2D eigenvalue weighted by Crippen LogP contribution is -2.45. The van der Waals surface area contributed by atoms with Crippen molar-refractivity contribution in [2.75, 3.05) is 14.1 Å². The van der Waals surface area contributed by atoms with Gasteiger partial charge in [-0.05, 0) is 30.9 Å². The van der Waals surface area contributed by atoms with E-state index in [-0.39, 0.29) is 0 Å². The van der Waals surface area contributed by atoms with Gasteiger partial charge in [0.05, 0.1) is 0 Å². The first-order valence-electron chi connectivity index (χ1n) is 6.16. The summed E-state index contributed by atoms with van der Waals surface area (Å²) >= 11 is 0. The van der Waals surface area contributed by atoms with Gasteiger partial charge in [-0.2, -0.15) is 12.7 Å². The molecule has 1 N–H and O–H groups in total. The zero-order valence-corrected chi connectivity index (χ0v) is 12.1. The van der Waals surface area contributed by atoms with E-state index in [1.54, 1.807) is 6.92 Å². The summed E-state index contributed by atoms with van der Waals surface area (Å²) in [7, 11) is -0.991. The molecule has 1 aromatic carbocycles. The first-order chi connectivity index (χ1) is 8.75. The maximum absolute atomic E-state index is 11.8. The van der Waals surface area contributed by atoms with Crippen LogP contribution in [0.1, 0.15) is 24.5 Å². The highest BCUT2D eigenvalue weighted by Gasteiger charge is 2.42. The number of hydrogen-bond acceptors (Lipinski definition) is 4. The highest BCUT2D eigenvalue weighted by atomic mass is 32.2. The zero-order chi connectivity index (χ0) is 14.3. The second kappa shape index (κ2) is 4.86. The van der Waals surface area contributed by atoms with Crippen molar-refractivity contribution >= 4 is 10.3 Å². The van der Waals surface area contributed by atoms with E-state index in [0.717, 1.165) is 15.4 Å². The van der Waals surface area contributed by atoms with E-state index >= 15 is 0 Å². The Morgan fingerprint density at radius 3 is 2.63 bits per heavy atom. The van der Waals surface area contributed by atoms with E-state index in [1.165, 1.54) is 14.1 Å². The maximum atomic E-state index is 11.8. The molecule has 0 radical (unpaired) electrons. The molecule has 0 spiro atoms. The number of benzene rings is 1. The minimum Gasteiger partial charge on any atom is -0.383 e. The second-order valence-corrected chi connectivity index (χ2v) is 6.95. The lowest BCUT2D eigenvalue weighted by Gasteiger charge is -2.38. The summed E-state index contributed by atoms with van der Waals surface area (Å²) < 4.78 is 29.7. The normalized spacial score (nSPS) is 27.3. The molecule has 0 fully saturated rings. The molecule has 1 aliphatic carbocycles. The molecule has 1 aliphatic rings. The standard InChI is InChI=1S/C13H19NO4S/c1-13(15)11-7-5-4-6-10(11)8-9-12(13)18-19(16,17)14(2)3/h4-7,12,15H,8-9H2,1-3H3/t12-,13+/m1/s1. The molecule has 19 heavy (non-hydrogen) atoms. The van der Waals surface area contributed by atoms with Crippen LogP contribution in [0.5, 0.6) is 0 Å². The van der Waals surface area contributed by atoms with Gasteiger partial charge in [0, 0.05) is 14.1 Å². The first-order valence-corrected chi connectivity index (χ1v) is 7.53. The van der Waals surface area contributed by atoms with Crippen molar-refractivity contribution in [3.8, 4) is 0 Å². The Morgan fingerprint density at radius 2 is 2.00 bits per heavy atom. The number of hydrogen-bond donors (Lipinski definition) is 1. The molecule has 2 atom stereocenters. The van der Waals surface area contributed by atoms with Gasteiger partial charge < -0.3 is 5.11 Å². The molecule has 6 heteroatoms. The third kappa shape index (κ3) is 2.67. The van der Waals surface area contributed by atoms with Gasteiger partial charge in [-0.25, -0.2) is 0 Å². The fourth-order valence-electron chi connectivity index (χ4n) is 2.35. The Balaban J connectivity index is 2.32. The fourth-order valence-corrected chi connectivity index (χ4v) is 3.10. The SMILES string of the molecule is CN(C)S(=O)(=O)O[C@@H]1CCc2ccccc2[C@]1(C)O. The smallest absolute Gasteiger partial charge is 0.338 e. The predicted molar refractivity (Wildman–Crippen MR) is 71.8 cm³/mol. The van der Waals surface area contributed by atoms with Crippen LogP contribution in [0.2, 0.25) is 0 Å². The molecule has 1 aromatic rings. The molecule has 0 aromatic heterocycles. The van der Waals surface area contributed by atoms with Crippen LogP contribution in [-0.4, -0.2) is 38.0 Å². The van der Waals surface area contributed by atoms with Crippen molar-refractivity contribution in [1.29, 1.82) is 0 Å². The van der Waals surface area contributed by atoms with Crippen molar-refractivity contribution in [3.05, 3.63) is 35.4 Å². The van der Waals surface area contributed by atoms with Gasteiger partial charge in [0.15, 0.2) is 0 Å². The highest BCUT2D eigenvalue weighted by molar-refractivity contribution is 7.84. The molecule has 0 unspecified atom stereocenters. The molecule has 0 heterocycles. The molecule has 0 bridgehead atoms. The van der Waals surface area contributed by atoms with E-state index in [0.29, 0.717) is 12.8 Å². The lowest BCUT2D eigenvalue weighted by molar-refractivity contribution is -0.0626. The summed E-state index contributed by atoms with van der Waals surface area (Å²) in [5.74, 6) is 0. The topological polar surface area (TPSA) is 66.8 Å². The average Bonchev–Trinajstić information content (AvgIpc) is 2.33. The molecule has 106 valence electrons. The van der Waals surface area contributed by atoms with E-state index in [4.69, 9.17) is 4.18 Å². The summed E-state index contributed by atoms with van der Waals surface area (Å²) in [5.41, 5.74) is 0.465. The van der Waals surface area contributed by atoms with Crippen molar-refractivity contribution in [1.82, 2.24) is 4.31 Å². The summed E-state index contributed by atoms with van der Waals surface area (Å²) in [4.78, 5) is 0. The number of rotatable bonds is 3. The number of nitrogens with zero attached hydrogens (tertiary/aromatic N) is 1. The monoisotopic (exact) mass is 285 g/mol. The van der Waals surface area contributed by atoms with Crippen molar-refractivity contribution in [3.63, 3.8) is 0 Å². The van der Waals surface area contributed by atoms with Gasteiger partial charge >= 0.3 is 10.3 Å². The van der Waals surface area contributed by atoms with Crippen molar-refractivity contribution in [2.24, 2.45) is 0 Å². The number of aryl methyl sites for hydroxylation is 1. The van der Waals surface area contributed by atoms with E-state index in [2.05, 4.69) is 0 Å². The maximum Gasteiger partial charge on any atom is 0.338 e. The van der Waals surface area contributed by atoms with Gasteiger partial charge in [-0.3, -0.25) is 4.18 Å². The van der Waals surface area contributed by atoms with Gasteiger partial charge in [0.25, 0.3) is 0 Å². The molecule has 0 amide bonds. The van der Waals surface area contributed by atoms with Crippen LogP contribution in [0.25, 0.3) is 0 Å². The van der Waals surface area contributed by atoms with E-state index in [9.17, 15) is 13.5 Å². The molecule has 0 aliphatic heterocycles. The minimum atomic E-state index is -3.80. The van der Waals surface area contributed by atoms with Crippen LogP contribution in [0.15, 0.2) is 24.3 Å². The predicted octanol–water partition coefficient (Wildman–Crippen LogP) is 1.03. The Bertz CT molecular complexity index is 566. The van der Waals surface area contributed by atoms with Crippen molar-refractivity contribution < 1.29 is 17.7 Å². The zero-order valence-electron chi connectivity index (χ0n) is 11.3. The highest BCUT2D eigenvalue weighted by Crippen LogP contribution is 2.37. The van der Waals surface area contributed by atoms with Crippen LogP contribution in [0.4, 0.5) is 0 Å². The molecule has 2 rings (SSSR count). The average molecular weight is 285 g/mol. The van der Waals surface area contributed by atoms with Crippen molar-refractivity contribution in [2.45, 2.75) is 31.5 Å². The molecular weight excluding hydrogens is 266 g/mol. The minimum absolute atomic E-state index is 0.469. The fraction of sp³-hybridized carbons (Fsp3) is 0.538. The van der Waals surface area contributed by atoms with Crippen LogP contribution < -0.4 is 0 Å². The van der Waals surface area contributed by atoms with E-state index in [1.807, 2.05) is 24.3 Å². The third-order valence-corrected chi connectivity index (χ3v) is 4.92. The number of aliphatic hydroxyl groups is 1. The van der Waals surface area contributed by atoms with Gasteiger partial charge in [-0.1, -0.05) is 24.3 Å². The first kappa shape index (κ1) is 14.5. The Hall–Kier alpha value is -0.950. The Morgan fingerprint density at radius 1 is 1.37 bits per heavy atom. The van der Waals surface area contributed by atoms with Crippen LogP contribution in [0.3, 0.4) is 0 Å². The lowest BCUT2D eigenvalue weighted by atomic mass is 9.78. The molecule has 0 saturated carbocycles. The van der Waals surface area contributed by atoms with E-state index < -0.39 is 22.0 Å². The third-order valence-electron chi connectivity index (χ3n) is 3.55. The van der Waals surface area contributed by atoms with Crippen LogP contribution in [-0.2, 0) is 26.5 Å². The molecular formula is C13H19NO4S. The molecule has 5 nitrogen and oxygen atoms in total.